The monoisotopic (exact) mass is 222 g/mol. The minimum absolute atomic E-state index is 0.235. The van der Waals surface area contributed by atoms with Crippen LogP contribution in [0.15, 0.2) is 12.3 Å². The van der Waals surface area contributed by atoms with E-state index in [9.17, 15) is 4.79 Å². The van der Waals surface area contributed by atoms with Crippen molar-refractivity contribution in [2.75, 3.05) is 13.7 Å². The molecule has 16 heavy (non-hydrogen) atoms. The molecule has 0 unspecified atom stereocenters. The molecule has 0 amide bonds. The Morgan fingerprint density at radius 3 is 2.81 bits per heavy atom. The lowest BCUT2D eigenvalue weighted by atomic mass is 9.95. The van der Waals surface area contributed by atoms with Crippen LogP contribution in [0.5, 0.6) is 0 Å². The predicted octanol–water partition coefficient (Wildman–Crippen LogP) is 1.19. The zero-order valence-electron chi connectivity index (χ0n) is 9.82. The van der Waals surface area contributed by atoms with Crippen molar-refractivity contribution in [3.8, 4) is 0 Å². The van der Waals surface area contributed by atoms with E-state index in [0.717, 1.165) is 6.42 Å². The molecular weight excluding hydrogens is 204 g/mol. The Labute approximate surface area is 95.4 Å². The standard InChI is InChI=1S/C12H18N2O2/c1-14-8-9(7-10(14)11(15)16-2)12(3-4-12)5-6-13/h7-8H,3-6,13H2,1-2H3. The molecule has 0 bridgehead atoms. The molecule has 0 radical (unpaired) electrons. The summed E-state index contributed by atoms with van der Waals surface area (Å²) in [6.45, 7) is 0.697. The second-order valence-electron chi connectivity index (χ2n) is 4.54. The number of ether oxygens (including phenoxy) is 1. The molecule has 0 aromatic carbocycles. The van der Waals surface area contributed by atoms with E-state index in [1.807, 2.05) is 23.9 Å². The molecule has 0 spiro atoms. The normalized spacial score (nSPS) is 17.2. The Balaban J connectivity index is 2.27. The van der Waals surface area contributed by atoms with Gasteiger partial charge in [0.25, 0.3) is 0 Å². The number of aromatic nitrogens is 1. The van der Waals surface area contributed by atoms with Crippen LogP contribution in [0.1, 0.15) is 35.3 Å². The molecule has 4 heteroatoms. The van der Waals surface area contributed by atoms with Gasteiger partial charge in [-0.1, -0.05) is 0 Å². The van der Waals surface area contributed by atoms with E-state index in [4.69, 9.17) is 10.5 Å². The van der Waals surface area contributed by atoms with Crippen molar-refractivity contribution in [1.82, 2.24) is 4.57 Å². The molecule has 1 aliphatic carbocycles. The second-order valence-corrected chi connectivity index (χ2v) is 4.54. The lowest BCUT2D eigenvalue weighted by Gasteiger charge is -2.10. The molecule has 1 aromatic heterocycles. The van der Waals surface area contributed by atoms with Gasteiger partial charge < -0.3 is 15.0 Å². The molecule has 0 saturated heterocycles. The summed E-state index contributed by atoms with van der Waals surface area (Å²) in [5.41, 5.74) is 7.69. The maximum Gasteiger partial charge on any atom is 0.354 e. The lowest BCUT2D eigenvalue weighted by Crippen LogP contribution is -2.12. The quantitative estimate of drug-likeness (QED) is 0.778. The van der Waals surface area contributed by atoms with Gasteiger partial charge in [-0.2, -0.15) is 0 Å². The number of nitrogens with two attached hydrogens (primary N) is 1. The molecule has 0 aliphatic heterocycles. The topological polar surface area (TPSA) is 57.2 Å². The number of esters is 1. The highest BCUT2D eigenvalue weighted by Crippen LogP contribution is 2.51. The van der Waals surface area contributed by atoms with Gasteiger partial charge in [-0.05, 0) is 42.9 Å². The SMILES string of the molecule is COC(=O)c1cc(C2(CCN)CC2)cn1C. The van der Waals surface area contributed by atoms with Crippen molar-refractivity contribution in [2.45, 2.75) is 24.7 Å². The van der Waals surface area contributed by atoms with E-state index in [1.165, 1.54) is 25.5 Å². The van der Waals surface area contributed by atoms with E-state index in [1.54, 1.807) is 0 Å². The molecule has 1 heterocycles. The third kappa shape index (κ3) is 1.73. The van der Waals surface area contributed by atoms with E-state index in [2.05, 4.69) is 0 Å². The number of hydrogen-bond acceptors (Lipinski definition) is 3. The number of nitrogens with zero attached hydrogens (tertiary/aromatic N) is 1. The first-order chi connectivity index (χ1) is 7.63. The summed E-state index contributed by atoms with van der Waals surface area (Å²) in [6.07, 6.45) is 5.37. The highest BCUT2D eigenvalue weighted by atomic mass is 16.5. The number of hydrogen-bond donors (Lipinski definition) is 1. The molecule has 2 rings (SSSR count). The maximum atomic E-state index is 11.5. The minimum atomic E-state index is -0.280. The maximum absolute atomic E-state index is 11.5. The Kier molecular flexibility index (Phi) is 2.76. The van der Waals surface area contributed by atoms with Gasteiger partial charge in [0.2, 0.25) is 0 Å². The Hall–Kier alpha value is -1.29. The van der Waals surface area contributed by atoms with Crippen molar-refractivity contribution in [1.29, 1.82) is 0 Å². The number of rotatable bonds is 4. The Morgan fingerprint density at radius 1 is 1.62 bits per heavy atom. The fourth-order valence-electron chi connectivity index (χ4n) is 2.27. The molecule has 1 saturated carbocycles. The smallest absolute Gasteiger partial charge is 0.354 e. The summed E-state index contributed by atoms with van der Waals surface area (Å²) < 4.78 is 6.57. The van der Waals surface area contributed by atoms with Crippen molar-refractivity contribution in [2.24, 2.45) is 12.8 Å². The molecule has 1 fully saturated rings. The lowest BCUT2D eigenvalue weighted by molar-refractivity contribution is 0.0590. The summed E-state index contributed by atoms with van der Waals surface area (Å²) >= 11 is 0. The van der Waals surface area contributed by atoms with E-state index < -0.39 is 0 Å². The van der Waals surface area contributed by atoms with Crippen LogP contribution in [-0.2, 0) is 17.2 Å². The Morgan fingerprint density at radius 2 is 2.31 bits per heavy atom. The van der Waals surface area contributed by atoms with Gasteiger partial charge in [-0.15, -0.1) is 0 Å². The summed E-state index contributed by atoms with van der Waals surface area (Å²) in [7, 11) is 3.27. The van der Waals surface area contributed by atoms with Crippen LogP contribution < -0.4 is 5.73 Å². The number of carbonyl (C=O) groups is 1. The highest BCUT2D eigenvalue weighted by molar-refractivity contribution is 5.88. The first-order valence-corrected chi connectivity index (χ1v) is 5.58. The summed E-state index contributed by atoms with van der Waals surface area (Å²) in [5, 5.41) is 0. The van der Waals surface area contributed by atoms with Crippen molar-refractivity contribution >= 4 is 5.97 Å². The summed E-state index contributed by atoms with van der Waals surface area (Å²) in [4.78, 5) is 11.5. The largest absolute Gasteiger partial charge is 0.464 e. The second kappa shape index (κ2) is 3.94. The van der Waals surface area contributed by atoms with Crippen molar-refractivity contribution in [3.63, 3.8) is 0 Å². The van der Waals surface area contributed by atoms with Gasteiger partial charge in [-0.25, -0.2) is 4.79 Å². The van der Waals surface area contributed by atoms with Gasteiger partial charge in [-0.3, -0.25) is 0 Å². The summed E-state index contributed by atoms with van der Waals surface area (Å²) in [5.74, 6) is -0.280. The Bertz CT molecular complexity index is 405. The van der Waals surface area contributed by atoms with Crippen LogP contribution in [0, 0.1) is 0 Å². The number of methoxy groups -OCH3 is 1. The van der Waals surface area contributed by atoms with Gasteiger partial charge in [0.1, 0.15) is 5.69 Å². The first-order valence-electron chi connectivity index (χ1n) is 5.58. The minimum Gasteiger partial charge on any atom is -0.464 e. The fourth-order valence-corrected chi connectivity index (χ4v) is 2.27. The van der Waals surface area contributed by atoms with Gasteiger partial charge in [0, 0.05) is 13.2 Å². The number of aryl methyl sites for hydroxylation is 1. The van der Waals surface area contributed by atoms with Crippen LogP contribution in [-0.4, -0.2) is 24.2 Å². The van der Waals surface area contributed by atoms with Crippen LogP contribution in [0.3, 0.4) is 0 Å². The van der Waals surface area contributed by atoms with Crippen molar-refractivity contribution < 1.29 is 9.53 Å². The van der Waals surface area contributed by atoms with Crippen LogP contribution in [0.2, 0.25) is 0 Å². The molecule has 1 aliphatic rings. The fraction of sp³-hybridized carbons (Fsp3) is 0.583. The zero-order chi connectivity index (χ0) is 11.8. The third-order valence-corrected chi connectivity index (χ3v) is 3.49. The van der Waals surface area contributed by atoms with E-state index >= 15 is 0 Å². The van der Waals surface area contributed by atoms with Crippen LogP contribution >= 0.6 is 0 Å². The van der Waals surface area contributed by atoms with E-state index in [0.29, 0.717) is 12.2 Å². The molecule has 4 nitrogen and oxygen atoms in total. The van der Waals surface area contributed by atoms with Gasteiger partial charge in [0.05, 0.1) is 7.11 Å². The predicted molar refractivity (Wildman–Crippen MR) is 61.3 cm³/mol. The van der Waals surface area contributed by atoms with E-state index in [-0.39, 0.29) is 11.4 Å². The molecule has 1 aromatic rings. The number of carbonyl (C=O) groups excluding carboxylic acids is 1. The first kappa shape index (κ1) is 11.2. The molecule has 2 N–H and O–H groups in total. The van der Waals surface area contributed by atoms with Crippen LogP contribution in [0.4, 0.5) is 0 Å². The molecular formula is C12H18N2O2. The molecule has 0 atom stereocenters. The summed E-state index contributed by atoms with van der Waals surface area (Å²) in [6, 6.07) is 1.94. The van der Waals surface area contributed by atoms with Crippen molar-refractivity contribution in [3.05, 3.63) is 23.5 Å². The average Bonchev–Trinajstić information content (AvgIpc) is 2.94. The van der Waals surface area contributed by atoms with Crippen LogP contribution in [0.25, 0.3) is 0 Å². The zero-order valence-corrected chi connectivity index (χ0v) is 9.82. The average molecular weight is 222 g/mol. The molecule has 88 valence electrons. The van der Waals surface area contributed by atoms with Gasteiger partial charge in [0.15, 0.2) is 0 Å². The highest BCUT2D eigenvalue weighted by Gasteiger charge is 2.44. The third-order valence-electron chi connectivity index (χ3n) is 3.49. The van der Waals surface area contributed by atoms with Gasteiger partial charge >= 0.3 is 5.97 Å².